The zero-order valence-electron chi connectivity index (χ0n) is 13.0. The molecule has 0 bridgehead atoms. The van der Waals surface area contributed by atoms with E-state index < -0.39 is 5.97 Å². The van der Waals surface area contributed by atoms with Gasteiger partial charge < -0.3 is 5.11 Å². The number of rotatable bonds is 7. The molecule has 1 saturated heterocycles. The summed E-state index contributed by atoms with van der Waals surface area (Å²) in [5.74, 6) is -0.0529. The number of hydrogen-bond acceptors (Lipinski definition) is 2. The molecule has 0 radical (unpaired) electrons. The van der Waals surface area contributed by atoms with Crippen molar-refractivity contribution < 1.29 is 9.90 Å². The fourth-order valence-corrected chi connectivity index (χ4v) is 3.27. The largest absolute Gasteiger partial charge is 0.480 e. The molecule has 0 spiro atoms. The van der Waals surface area contributed by atoms with Crippen LogP contribution in [0.4, 0.5) is 0 Å². The molecule has 3 heteroatoms. The van der Waals surface area contributed by atoms with Gasteiger partial charge in [-0.25, -0.2) is 0 Å². The summed E-state index contributed by atoms with van der Waals surface area (Å²) >= 11 is 0. The highest BCUT2D eigenvalue weighted by molar-refractivity contribution is 5.73. The standard InChI is InChI=1S/C18H27NO2/c1-2-15-11-13-19(17(14-15)18(20)21)12-7-6-10-16-8-4-3-5-9-16/h3-5,8-9,15,17H,2,6-7,10-14H2,1H3,(H,20,21). The maximum atomic E-state index is 11.4. The van der Waals surface area contributed by atoms with Crippen LogP contribution in [-0.4, -0.2) is 35.1 Å². The zero-order valence-corrected chi connectivity index (χ0v) is 13.0. The molecule has 3 nitrogen and oxygen atoms in total. The van der Waals surface area contributed by atoms with E-state index in [2.05, 4.69) is 36.1 Å². The van der Waals surface area contributed by atoms with Crippen molar-refractivity contribution in [2.45, 2.75) is 51.5 Å². The Morgan fingerprint density at radius 1 is 1.29 bits per heavy atom. The Labute approximate surface area is 128 Å². The SMILES string of the molecule is CCC1CCN(CCCCc2ccccc2)C(C(=O)O)C1. The van der Waals surface area contributed by atoms with Crippen molar-refractivity contribution >= 4 is 5.97 Å². The maximum absolute atomic E-state index is 11.4. The van der Waals surface area contributed by atoms with Gasteiger partial charge in [0.05, 0.1) is 0 Å². The van der Waals surface area contributed by atoms with Gasteiger partial charge in [-0.15, -0.1) is 0 Å². The van der Waals surface area contributed by atoms with Gasteiger partial charge in [-0.05, 0) is 56.7 Å². The first-order valence-corrected chi connectivity index (χ1v) is 8.21. The Kier molecular flexibility index (Phi) is 6.24. The predicted molar refractivity (Wildman–Crippen MR) is 85.4 cm³/mol. The van der Waals surface area contributed by atoms with Crippen molar-refractivity contribution in [3.63, 3.8) is 0 Å². The molecular formula is C18H27NO2. The van der Waals surface area contributed by atoms with E-state index in [0.717, 1.165) is 51.6 Å². The van der Waals surface area contributed by atoms with Crippen LogP contribution in [-0.2, 0) is 11.2 Å². The predicted octanol–water partition coefficient (Wildman–Crippen LogP) is 3.58. The third-order valence-corrected chi connectivity index (χ3v) is 4.69. The van der Waals surface area contributed by atoms with Gasteiger partial charge in [0.2, 0.25) is 0 Å². The lowest BCUT2D eigenvalue weighted by Crippen LogP contribution is -2.47. The fraction of sp³-hybridized carbons (Fsp3) is 0.611. The highest BCUT2D eigenvalue weighted by Crippen LogP contribution is 2.25. The molecule has 0 aliphatic carbocycles. The summed E-state index contributed by atoms with van der Waals surface area (Å²) < 4.78 is 0. The Bertz CT molecular complexity index is 432. The van der Waals surface area contributed by atoms with E-state index in [0.29, 0.717) is 5.92 Å². The van der Waals surface area contributed by atoms with Crippen molar-refractivity contribution in [3.05, 3.63) is 35.9 Å². The maximum Gasteiger partial charge on any atom is 0.320 e. The summed E-state index contributed by atoms with van der Waals surface area (Å²) in [5, 5.41) is 9.41. The van der Waals surface area contributed by atoms with E-state index in [9.17, 15) is 9.90 Å². The van der Waals surface area contributed by atoms with Crippen LogP contribution in [0.5, 0.6) is 0 Å². The van der Waals surface area contributed by atoms with E-state index in [-0.39, 0.29) is 6.04 Å². The average Bonchev–Trinajstić information content (AvgIpc) is 2.52. The molecule has 1 heterocycles. The number of hydrogen-bond donors (Lipinski definition) is 1. The summed E-state index contributed by atoms with van der Waals surface area (Å²) in [7, 11) is 0. The Morgan fingerprint density at radius 3 is 2.71 bits per heavy atom. The number of piperidine rings is 1. The Morgan fingerprint density at radius 2 is 2.05 bits per heavy atom. The van der Waals surface area contributed by atoms with Crippen LogP contribution in [0.2, 0.25) is 0 Å². The quantitative estimate of drug-likeness (QED) is 0.780. The Hall–Kier alpha value is -1.35. The fourth-order valence-electron chi connectivity index (χ4n) is 3.27. The van der Waals surface area contributed by atoms with Crippen LogP contribution >= 0.6 is 0 Å². The van der Waals surface area contributed by atoms with Gasteiger partial charge >= 0.3 is 5.97 Å². The molecule has 1 N–H and O–H groups in total. The Balaban J connectivity index is 1.75. The molecule has 1 aliphatic rings. The number of carboxylic acid groups (broad SMARTS) is 1. The molecule has 1 aromatic rings. The summed E-state index contributed by atoms with van der Waals surface area (Å²) in [6.45, 7) is 4.03. The highest BCUT2D eigenvalue weighted by atomic mass is 16.4. The molecular weight excluding hydrogens is 262 g/mol. The van der Waals surface area contributed by atoms with Crippen LogP contribution in [0.3, 0.4) is 0 Å². The monoisotopic (exact) mass is 289 g/mol. The van der Waals surface area contributed by atoms with Crippen LogP contribution in [0.25, 0.3) is 0 Å². The number of unbranched alkanes of at least 4 members (excludes halogenated alkanes) is 1. The molecule has 116 valence electrons. The van der Waals surface area contributed by atoms with Crippen molar-refractivity contribution in [1.82, 2.24) is 4.90 Å². The first-order valence-electron chi connectivity index (χ1n) is 8.21. The van der Waals surface area contributed by atoms with Crippen molar-refractivity contribution in [3.8, 4) is 0 Å². The average molecular weight is 289 g/mol. The lowest BCUT2D eigenvalue weighted by atomic mass is 9.88. The van der Waals surface area contributed by atoms with Gasteiger partial charge in [0, 0.05) is 0 Å². The second kappa shape index (κ2) is 8.18. The topological polar surface area (TPSA) is 40.5 Å². The number of nitrogens with zero attached hydrogens (tertiary/aromatic N) is 1. The lowest BCUT2D eigenvalue weighted by molar-refractivity contribution is -0.145. The molecule has 0 aromatic heterocycles. The normalized spacial score (nSPS) is 23.1. The minimum Gasteiger partial charge on any atom is -0.480 e. The number of likely N-dealkylation sites (tertiary alicyclic amines) is 1. The van der Waals surface area contributed by atoms with Crippen LogP contribution in [0.1, 0.15) is 44.6 Å². The first-order chi connectivity index (χ1) is 10.2. The third kappa shape index (κ3) is 4.85. The highest BCUT2D eigenvalue weighted by Gasteiger charge is 2.31. The van der Waals surface area contributed by atoms with Crippen LogP contribution < -0.4 is 0 Å². The molecule has 2 rings (SSSR count). The summed E-state index contributed by atoms with van der Waals surface area (Å²) in [5.41, 5.74) is 1.37. The smallest absolute Gasteiger partial charge is 0.320 e. The van der Waals surface area contributed by atoms with Crippen LogP contribution in [0, 0.1) is 5.92 Å². The van der Waals surface area contributed by atoms with Gasteiger partial charge in [0.25, 0.3) is 0 Å². The molecule has 1 aliphatic heterocycles. The zero-order chi connectivity index (χ0) is 15.1. The first kappa shape index (κ1) is 16.0. The minimum atomic E-state index is -0.642. The summed E-state index contributed by atoms with van der Waals surface area (Å²) in [6, 6.07) is 10.2. The summed E-state index contributed by atoms with van der Waals surface area (Å²) in [6.07, 6.45) is 6.37. The minimum absolute atomic E-state index is 0.263. The molecule has 2 unspecified atom stereocenters. The van der Waals surface area contributed by atoms with E-state index >= 15 is 0 Å². The third-order valence-electron chi connectivity index (χ3n) is 4.69. The van der Waals surface area contributed by atoms with Crippen LogP contribution in [0.15, 0.2) is 30.3 Å². The van der Waals surface area contributed by atoms with E-state index in [1.54, 1.807) is 0 Å². The number of benzene rings is 1. The van der Waals surface area contributed by atoms with E-state index in [1.807, 2.05) is 6.07 Å². The van der Waals surface area contributed by atoms with E-state index in [4.69, 9.17) is 0 Å². The molecule has 2 atom stereocenters. The second-order valence-electron chi connectivity index (χ2n) is 6.13. The number of carbonyl (C=O) groups is 1. The lowest BCUT2D eigenvalue weighted by Gasteiger charge is -2.36. The second-order valence-corrected chi connectivity index (χ2v) is 6.13. The van der Waals surface area contributed by atoms with Gasteiger partial charge in [-0.1, -0.05) is 43.7 Å². The van der Waals surface area contributed by atoms with E-state index in [1.165, 1.54) is 5.56 Å². The van der Waals surface area contributed by atoms with Crippen molar-refractivity contribution in [2.75, 3.05) is 13.1 Å². The van der Waals surface area contributed by atoms with Crippen molar-refractivity contribution in [2.24, 2.45) is 5.92 Å². The molecule has 21 heavy (non-hydrogen) atoms. The van der Waals surface area contributed by atoms with Gasteiger partial charge in [-0.3, -0.25) is 9.69 Å². The number of carboxylic acids is 1. The van der Waals surface area contributed by atoms with Gasteiger partial charge in [0.15, 0.2) is 0 Å². The number of aliphatic carboxylic acids is 1. The van der Waals surface area contributed by atoms with Crippen molar-refractivity contribution in [1.29, 1.82) is 0 Å². The molecule has 1 fully saturated rings. The summed E-state index contributed by atoms with van der Waals surface area (Å²) in [4.78, 5) is 13.6. The molecule has 1 aromatic carbocycles. The number of aryl methyl sites for hydroxylation is 1. The molecule has 0 saturated carbocycles. The van der Waals surface area contributed by atoms with Gasteiger partial charge in [-0.2, -0.15) is 0 Å². The molecule has 0 amide bonds. The van der Waals surface area contributed by atoms with Gasteiger partial charge in [0.1, 0.15) is 6.04 Å².